The number of carbonyl (C=O) groups excluding carboxylic acids is 2. The third kappa shape index (κ3) is 7.79. The molecule has 2 atom stereocenters. The van der Waals surface area contributed by atoms with Crippen molar-refractivity contribution in [3.8, 4) is 5.75 Å². The third-order valence-corrected chi connectivity index (χ3v) is 4.00. The van der Waals surface area contributed by atoms with Crippen LogP contribution in [0.3, 0.4) is 0 Å². The van der Waals surface area contributed by atoms with E-state index in [1.54, 1.807) is 48.6 Å². The van der Waals surface area contributed by atoms with Crippen molar-refractivity contribution >= 4 is 24.2 Å². The van der Waals surface area contributed by atoms with E-state index in [4.69, 9.17) is 4.74 Å². The minimum atomic E-state index is -1.14. The van der Waals surface area contributed by atoms with Crippen molar-refractivity contribution in [2.45, 2.75) is 12.2 Å². The number of aliphatic hydroxyl groups excluding tert-OH is 1. The lowest BCUT2D eigenvalue weighted by Crippen LogP contribution is -2.29. The highest BCUT2D eigenvalue weighted by molar-refractivity contribution is 5.96. The summed E-state index contributed by atoms with van der Waals surface area (Å²) >= 11 is 0. The van der Waals surface area contributed by atoms with Gasteiger partial charge in [-0.2, -0.15) is 0 Å². The second-order valence-corrected chi connectivity index (χ2v) is 6.20. The molecule has 0 aromatic heterocycles. The van der Waals surface area contributed by atoms with Crippen LogP contribution in [0, 0.1) is 0 Å². The number of aromatic hydroxyl groups is 1. The number of fused-ring (bicyclic) bond motifs is 1. The predicted molar refractivity (Wildman–Crippen MR) is 117 cm³/mol. The van der Waals surface area contributed by atoms with Gasteiger partial charge in [-0.1, -0.05) is 59.8 Å². The molecule has 0 radical (unpaired) electrons. The molecule has 0 unspecified atom stereocenters. The SMILES string of the molecule is CO/N=C\C=C/C(=O)NC/C=C/[C@@H]1OC(=O)c2c(O)cccc2/C=C/C=C\C=C/[C@@H]1O. The molecule has 1 aromatic rings. The van der Waals surface area contributed by atoms with Crippen LogP contribution in [0.15, 0.2) is 78.0 Å². The second kappa shape index (κ2) is 12.6. The maximum absolute atomic E-state index is 12.7. The fraction of sp³-hybridized carbons (Fsp3) is 0.174. The molecule has 1 aliphatic rings. The largest absolute Gasteiger partial charge is 0.507 e. The van der Waals surface area contributed by atoms with E-state index in [0.29, 0.717) is 5.56 Å². The molecule has 2 rings (SSSR count). The van der Waals surface area contributed by atoms with E-state index in [2.05, 4.69) is 15.3 Å². The Labute approximate surface area is 180 Å². The highest BCUT2D eigenvalue weighted by Gasteiger charge is 2.23. The van der Waals surface area contributed by atoms with Crippen molar-refractivity contribution in [2.75, 3.05) is 13.7 Å². The first-order valence-corrected chi connectivity index (χ1v) is 9.43. The summed E-state index contributed by atoms with van der Waals surface area (Å²) in [6.45, 7) is 0.138. The number of ether oxygens (including phenoxy) is 1. The van der Waals surface area contributed by atoms with Gasteiger partial charge in [0.15, 0.2) is 0 Å². The number of benzene rings is 1. The zero-order chi connectivity index (χ0) is 22.5. The lowest BCUT2D eigenvalue weighted by atomic mass is 10.0. The molecule has 0 saturated carbocycles. The number of aliphatic hydroxyl groups is 1. The number of cyclic esters (lactones) is 1. The molecule has 8 heteroatoms. The first kappa shape index (κ1) is 23.4. The van der Waals surface area contributed by atoms with E-state index in [9.17, 15) is 19.8 Å². The molecule has 31 heavy (non-hydrogen) atoms. The Kier molecular flexibility index (Phi) is 9.51. The van der Waals surface area contributed by atoms with E-state index in [-0.39, 0.29) is 23.8 Å². The highest BCUT2D eigenvalue weighted by atomic mass is 16.6. The Bertz CT molecular complexity index is 943. The summed E-state index contributed by atoms with van der Waals surface area (Å²) in [5.74, 6) is -1.37. The fourth-order valence-corrected chi connectivity index (χ4v) is 2.55. The number of esters is 1. The Balaban J connectivity index is 2.13. The third-order valence-electron chi connectivity index (χ3n) is 4.00. The highest BCUT2D eigenvalue weighted by Crippen LogP contribution is 2.24. The minimum Gasteiger partial charge on any atom is -0.507 e. The number of oxime groups is 1. The number of carbonyl (C=O) groups is 2. The average Bonchev–Trinajstić information content (AvgIpc) is 2.74. The molecule has 0 saturated heterocycles. The number of hydrogen-bond donors (Lipinski definition) is 3. The van der Waals surface area contributed by atoms with Gasteiger partial charge >= 0.3 is 5.97 Å². The van der Waals surface area contributed by atoms with Gasteiger partial charge in [0.2, 0.25) is 5.91 Å². The number of hydrogen-bond acceptors (Lipinski definition) is 7. The van der Waals surface area contributed by atoms with Crippen LogP contribution in [0.1, 0.15) is 15.9 Å². The first-order valence-electron chi connectivity index (χ1n) is 9.43. The molecular formula is C23H24N2O6. The fourth-order valence-electron chi connectivity index (χ4n) is 2.55. The molecule has 0 fully saturated rings. The summed E-state index contributed by atoms with van der Waals surface area (Å²) < 4.78 is 5.44. The van der Waals surface area contributed by atoms with E-state index >= 15 is 0 Å². The molecule has 1 heterocycles. The topological polar surface area (TPSA) is 117 Å². The summed E-state index contributed by atoms with van der Waals surface area (Å²) in [7, 11) is 1.39. The van der Waals surface area contributed by atoms with Gasteiger partial charge in [0, 0.05) is 12.6 Å². The first-order chi connectivity index (χ1) is 15.0. The van der Waals surface area contributed by atoms with Crippen LogP contribution >= 0.6 is 0 Å². The van der Waals surface area contributed by atoms with Gasteiger partial charge in [-0.25, -0.2) is 4.79 Å². The minimum absolute atomic E-state index is 0.00142. The van der Waals surface area contributed by atoms with Crippen LogP contribution in [0.2, 0.25) is 0 Å². The van der Waals surface area contributed by atoms with Crippen LogP contribution in [0.4, 0.5) is 0 Å². The van der Waals surface area contributed by atoms with Gasteiger partial charge < -0.3 is 25.1 Å². The Morgan fingerprint density at radius 1 is 1.29 bits per heavy atom. The van der Waals surface area contributed by atoms with Crippen molar-refractivity contribution in [2.24, 2.45) is 5.16 Å². The summed E-state index contributed by atoms with van der Waals surface area (Å²) in [6, 6.07) is 4.67. The van der Waals surface area contributed by atoms with Gasteiger partial charge in [-0.3, -0.25) is 4.79 Å². The number of amides is 1. The van der Waals surface area contributed by atoms with Gasteiger partial charge in [0.05, 0.1) is 6.21 Å². The van der Waals surface area contributed by atoms with Gasteiger partial charge in [0.25, 0.3) is 0 Å². The number of phenols is 1. The van der Waals surface area contributed by atoms with Crippen LogP contribution in [0.25, 0.3) is 6.08 Å². The van der Waals surface area contributed by atoms with Crippen molar-refractivity contribution in [1.29, 1.82) is 0 Å². The van der Waals surface area contributed by atoms with Crippen molar-refractivity contribution in [1.82, 2.24) is 5.32 Å². The summed E-state index contributed by atoms with van der Waals surface area (Å²) in [5.41, 5.74) is 0.478. The zero-order valence-electron chi connectivity index (χ0n) is 16.9. The summed E-state index contributed by atoms with van der Waals surface area (Å²) in [5, 5.41) is 26.6. The monoisotopic (exact) mass is 424 g/mol. The average molecular weight is 424 g/mol. The van der Waals surface area contributed by atoms with Crippen molar-refractivity contribution < 1.29 is 29.4 Å². The molecule has 1 aliphatic heterocycles. The Morgan fingerprint density at radius 2 is 2.10 bits per heavy atom. The number of allylic oxidation sites excluding steroid dienone is 5. The number of rotatable bonds is 6. The van der Waals surface area contributed by atoms with E-state index < -0.39 is 18.2 Å². The predicted octanol–water partition coefficient (Wildman–Crippen LogP) is 2.28. The van der Waals surface area contributed by atoms with E-state index in [1.807, 2.05) is 0 Å². The molecule has 1 amide bonds. The van der Waals surface area contributed by atoms with Crippen molar-refractivity contribution in [3.63, 3.8) is 0 Å². The molecule has 0 spiro atoms. The van der Waals surface area contributed by atoms with Crippen molar-refractivity contribution in [3.05, 3.63) is 84.0 Å². The molecule has 0 bridgehead atoms. The number of nitrogens with one attached hydrogen (secondary N) is 1. The molecule has 0 aliphatic carbocycles. The summed E-state index contributed by atoms with van der Waals surface area (Å²) in [4.78, 5) is 28.9. The standard InChI is InChI=1S/C23H24N2O6/c1-30-25-16-8-14-21(28)24-15-7-13-20-18(26)11-5-3-2-4-9-17-10-6-12-19(27)22(17)23(29)31-20/h2-14,16,18,20,26-27H,15H2,1H3,(H,24,28)/b3-2-,9-4+,11-5-,13-7+,14-8-,25-16-/t18-,20-/m0/s1. The maximum atomic E-state index is 12.7. The van der Waals surface area contributed by atoms with Crippen LogP contribution in [-0.4, -0.2) is 54.2 Å². The normalized spacial score (nSPS) is 22.3. The van der Waals surface area contributed by atoms with Crippen LogP contribution < -0.4 is 5.32 Å². The maximum Gasteiger partial charge on any atom is 0.343 e. The van der Waals surface area contributed by atoms with E-state index in [0.717, 1.165) is 0 Å². The molecule has 8 nitrogen and oxygen atoms in total. The van der Waals surface area contributed by atoms with Gasteiger partial charge in [-0.05, 0) is 23.8 Å². The zero-order valence-corrected chi connectivity index (χ0v) is 16.9. The van der Waals surface area contributed by atoms with Crippen LogP contribution in [-0.2, 0) is 14.4 Å². The van der Waals surface area contributed by atoms with Gasteiger partial charge in [0.1, 0.15) is 30.6 Å². The molecule has 162 valence electrons. The summed E-state index contributed by atoms with van der Waals surface area (Å²) in [6.07, 6.45) is 14.8. The molecular weight excluding hydrogens is 400 g/mol. The molecule has 3 N–H and O–H groups in total. The molecule has 1 aromatic carbocycles. The lowest BCUT2D eigenvalue weighted by molar-refractivity contribution is -0.116. The van der Waals surface area contributed by atoms with E-state index in [1.165, 1.54) is 43.7 Å². The Morgan fingerprint density at radius 3 is 2.90 bits per heavy atom. The number of phenolic OH excluding ortho intramolecular Hbond substituents is 1. The quantitative estimate of drug-likeness (QED) is 0.212. The lowest BCUT2D eigenvalue weighted by Gasteiger charge is -2.19. The Hall–Kier alpha value is -3.91. The number of nitrogens with zero attached hydrogens (tertiary/aromatic N) is 1. The second-order valence-electron chi connectivity index (χ2n) is 6.20. The van der Waals surface area contributed by atoms with Gasteiger partial charge in [-0.15, -0.1) is 0 Å². The smallest absolute Gasteiger partial charge is 0.343 e. The van der Waals surface area contributed by atoms with Crippen LogP contribution in [0.5, 0.6) is 5.75 Å².